The molecule has 0 aliphatic carbocycles. The van der Waals surface area contributed by atoms with Crippen LogP contribution in [0.1, 0.15) is 11.1 Å². The van der Waals surface area contributed by atoms with E-state index in [4.69, 9.17) is 19.4 Å². The Kier molecular flexibility index (Phi) is 8.83. The van der Waals surface area contributed by atoms with Crippen molar-refractivity contribution in [3.63, 3.8) is 0 Å². The van der Waals surface area contributed by atoms with Gasteiger partial charge in [0, 0.05) is 16.1 Å². The second-order valence-corrected chi connectivity index (χ2v) is 7.58. The first-order chi connectivity index (χ1) is 15.7. The number of hydrogen-bond donors (Lipinski definition) is 1. The summed E-state index contributed by atoms with van der Waals surface area (Å²) in [7, 11) is 0. The average molecular weight is 492 g/mol. The van der Waals surface area contributed by atoms with Gasteiger partial charge < -0.3 is 14.6 Å². The second kappa shape index (κ2) is 12.3. The van der Waals surface area contributed by atoms with E-state index in [0.29, 0.717) is 25.0 Å². The Morgan fingerprint density at radius 3 is 1.84 bits per heavy atom. The van der Waals surface area contributed by atoms with Crippen molar-refractivity contribution >= 4 is 22.4 Å². The molecule has 0 aliphatic heterocycles. The summed E-state index contributed by atoms with van der Waals surface area (Å²) in [5, 5.41) is 6.89. The van der Waals surface area contributed by atoms with Gasteiger partial charge in [-0.2, -0.15) is 4.98 Å². The number of carboxylic acid groups (broad SMARTS) is 1. The highest BCUT2D eigenvalue weighted by Gasteiger charge is 2.11. The fourth-order valence-electron chi connectivity index (χ4n) is 2.92. The molecular formula is C26H22BrNO4. The van der Waals surface area contributed by atoms with E-state index in [2.05, 4.69) is 20.9 Å². The van der Waals surface area contributed by atoms with E-state index in [1.165, 1.54) is 0 Å². The van der Waals surface area contributed by atoms with E-state index in [9.17, 15) is 0 Å². The van der Waals surface area contributed by atoms with Gasteiger partial charge in [-0.1, -0.05) is 88.7 Å². The Morgan fingerprint density at radius 2 is 1.28 bits per heavy atom. The number of pyridine rings is 1. The van der Waals surface area contributed by atoms with Crippen LogP contribution in [0, 0.1) is 0 Å². The van der Waals surface area contributed by atoms with Gasteiger partial charge in [-0.3, -0.25) is 4.79 Å². The summed E-state index contributed by atoms with van der Waals surface area (Å²) < 4.78 is 13.0. The first-order valence-corrected chi connectivity index (χ1v) is 10.7. The lowest BCUT2D eigenvalue weighted by molar-refractivity contribution is -0.122. The number of benzene rings is 3. The molecule has 6 heteroatoms. The molecule has 1 N–H and O–H groups in total. The van der Waals surface area contributed by atoms with Crippen LogP contribution in [0.25, 0.3) is 11.1 Å². The zero-order chi connectivity index (χ0) is 22.6. The lowest BCUT2D eigenvalue weighted by Crippen LogP contribution is -2.02. The van der Waals surface area contributed by atoms with Crippen molar-refractivity contribution < 1.29 is 19.4 Å². The van der Waals surface area contributed by atoms with Crippen molar-refractivity contribution in [1.82, 2.24) is 4.98 Å². The van der Waals surface area contributed by atoms with Crippen LogP contribution >= 0.6 is 15.9 Å². The Bertz CT molecular complexity index is 1100. The summed E-state index contributed by atoms with van der Waals surface area (Å²) in [6, 6.07) is 32.1. The van der Waals surface area contributed by atoms with Crippen LogP contribution in [0.3, 0.4) is 0 Å². The third-order valence-corrected chi connectivity index (χ3v) is 4.97. The summed E-state index contributed by atoms with van der Waals surface area (Å²) in [6.07, 6.45) is 0. The fourth-order valence-corrected chi connectivity index (χ4v) is 3.18. The van der Waals surface area contributed by atoms with Crippen molar-refractivity contribution in [2.45, 2.75) is 13.2 Å². The summed E-state index contributed by atoms with van der Waals surface area (Å²) >= 11 is 3.49. The first-order valence-electron chi connectivity index (χ1n) is 9.88. The van der Waals surface area contributed by atoms with Crippen LogP contribution in [-0.4, -0.2) is 16.6 Å². The molecule has 0 bridgehead atoms. The number of halogens is 1. The third-order valence-electron chi connectivity index (χ3n) is 4.44. The number of hydrogen-bond acceptors (Lipinski definition) is 4. The largest absolute Gasteiger partial charge is 0.483 e. The number of aromatic nitrogens is 1. The summed E-state index contributed by atoms with van der Waals surface area (Å²) in [5.74, 6) is 1.10. The van der Waals surface area contributed by atoms with Crippen molar-refractivity contribution in [2.24, 2.45) is 0 Å². The number of rotatable bonds is 7. The van der Waals surface area contributed by atoms with Gasteiger partial charge in [0.2, 0.25) is 11.8 Å². The Hall–Kier alpha value is -3.64. The minimum absolute atomic E-state index is 0.250. The van der Waals surface area contributed by atoms with Gasteiger partial charge in [-0.25, -0.2) is 0 Å². The molecular weight excluding hydrogens is 470 g/mol. The molecule has 0 atom stereocenters. The van der Waals surface area contributed by atoms with Crippen molar-refractivity contribution in [3.8, 4) is 22.9 Å². The standard InChI is InChI=1S/C25H20BrNO2.CH2O2/c26-22-13-11-21(12-14-22)23-15-16-24(28-17-19-7-3-1-4-8-19)27-25(23)29-18-20-9-5-2-6-10-20;2-1-3/h1-16H,17-18H2;1H,(H,2,3). The van der Waals surface area contributed by atoms with E-state index in [0.717, 1.165) is 26.7 Å². The third kappa shape index (κ3) is 6.96. The Balaban J connectivity index is 0.000000913. The van der Waals surface area contributed by atoms with E-state index < -0.39 is 0 Å². The highest BCUT2D eigenvalue weighted by Crippen LogP contribution is 2.32. The monoisotopic (exact) mass is 491 g/mol. The molecule has 1 aromatic heterocycles. The van der Waals surface area contributed by atoms with Gasteiger partial charge in [0.25, 0.3) is 6.47 Å². The van der Waals surface area contributed by atoms with Crippen LogP contribution in [0.5, 0.6) is 11.8 Å². The predicted molar refractivity (Wildman–Crippen MR) is 128 cm³/mol. The molecule has 0 amide bonds. The summed E-state index contributed by atoms with van der Waals surface area (Å²) in [4.78, 5) is 13.0. The number of carbonyl (C=O) groups is 1. The van der Waals surface area contributed by atoms with Crippen LogP contribution in [0.2, 0.25) is 0 Å². The Morgan fingerprint density at radius 1 is 0.750 bits per heavy atom. The maximum atomic E-state index is 8.36. The number of nitrogens with zero attached hydrogens (tertiary/aromatic N) is 1. The lowest BCUT2D eigenvalue weighted by atomic mass is 10.1. The van der Waals surface area contributed by atoms with Crippen molar-refractivity contribution in [3.05, 3.63) is 113 Å². The molecule has 0 saturated carbocycles. The van der Waals surface area contributed by atoms with Crippen LogP contribution in [-0.2, 0) is 18.0 Å². The molecule has 0 aliphatic rings. The quantitative estimate of drug-likeness (QED) is 0.304. The lowest BCUT2D eigenvalue weighted by Gasteiger charge is -2.13. The Labute approximate surface area is 195 Å². The van der Waals surface area contributed by atoms with Gasteiger partial charge in [-0.15, -0.1) is 0 Å². The normalized spacial score (nSPS) is 9.91. The maximum absolute atomic E-state index is 8.36. The molecule has 4 rings (SSSR count). The molecule has 0 unspecified atom stereocenters. The predicted octanol–water partition coefficient (Wildman–Crippen LogP) is 6.37. The summed E-state index contributed by atoms with van der Waals surface area (Å²) in [5.41, 5.74) is 4.16. The highest BCUT2D eigenvalue weighted by atomic mass is 79.9. The minimum atomic E-state index is -0.250. The first kappa shape index (κ1) is 23.0. The van der Waals surface area contributed by atoms with E-state index in [1.807, 2.05) is 97.1 Å². The zero-order valence-corrected chi connectivity index (χ0v) is 18.8. The molecule has 3 aromatic carbocycles. The minimum Gasteiger partial charge on any atom is -0.483 e. The van der Waals surface area contributed by atoms with Crippen molar-refractivity contribution in [1.29, 1.82) is 0 Å². The van der Waals surface area contributed by atoms with Crippen LogP contribution in [0.15, 0.2) is 102 Å². The molecule has 0 spiro atoms. The molecule has 5 nitrogen and oxygen atoms in total. The van der Waals surface area contributed by atoms with Gasteiger partial charge in [0.15, 0.2) is 0 Å². The molecule has 4 aromatic rings. The molecule has 1 heterocycles. The van der Waals surface area contributed by atoms with Gasteiger partial charge >= 0.3 is 0 Å². The fraction of sp³-hybridized carbons (Fsp3) is 0.0769. The topological polar surface area (TPSA) is 68.7 Å². The van der Waals surface area contributed by atoms with Gasteiger partial charge in [-0.05, 0) is 34.9 Å². The second-order valence-electron chi connectivity index (χ2n) is 6.66. The molecule has 0 fully saturated rings. The highest BCUT2D eigenvalue weighted by molar-refractivity contribution is 9.10. The van der Waals surface area contributed by atoms with E-state index >= 15 is 0 Å². The molecule has 32 heavy (non-hydrogen) atoms. The van der Waals surface area contributed by atoms with E-state index in [1.54, 1.807) is 0 Å². The SMILES string of the molecule is Brc1ccc(-c2ccc(OCc3ccccc3)nc2OCc2ccccc2)cc1.O=CO. The van der Waals surface area contributed by atoms with Crippen LogP contribution < -0.4 is 9.47 Å². The molecule has 0 saturated heterocycles. The van der Waals surface area contributed by atoms with Crippen LogP contribution in [0.4, 0.5) is 0 Å². The van der Waals surface area contributed by atoms with E-state index in [-0.39, 0.29) is 6.47 Å². The smallest absolute Gasteiger partial charge is 0.290 e. The van der Waals surface area contributed by atoms with Crippen molar-refractivity contribution in [2.75, 3.05) is 0 Å². The van der Waals surface area contributed by atoms with Gasteiger partial charge in [0.1, 0.15) is 13.2 Å². The molecule has 0 radical (unpaired) electrons. The summed E-state index contributed by atoms with van der Waals surface area (Å²) in [6.45, 7) is 0.656. The zero-order valence-electron chi connectivity index (χ0n) is 17.2. The molecule has 162 valence electrons. The van der Waals surface area contributed by atoms with Gasteiger partial charge in [0.05, 0.1) is 0 Å². The number of ether oxygens (including phenoxy) is 2. The maximum Gasteiger partial charge on any atom is 0.290 e. The average Bonchev–Trinajstić information content (AvgIpc) is 2.84.